The molecule has 0 fully saturated rings. The van der Waals surface area contributed by atoms with Crippen molar-refractivity contribution in [1.82, 2.24) is 0 Å². The highest BCUT2D eigenvalue weighted by Crippen LogP contribution is 2.14. The van der Waals surface area contributed by atoms with Crippen LogP contribution >= 0.6 is 0 Å². The fraction of sp³-hybridized carbons (Fsp3) is 0.500. The molecule has 1 aromatic carbocycles. The largest absolute Gasteiger partial charge is 0.388 e. The Morgan fingerprint density at radius 3 is 2.33 bits per heavy atom. The van der Waals surface area contributed by atoms with E-state index >= 15 is 0 Å². The van der Waals surface area contributed by atoms with E-state index in [4.69, 9.17) is 8.92 Å². The van der Waals surface area contributed by atoms with Crippen LogP contribution in [0.5, 0.6) is 0 Å². The maximum Gasteiger partial charge on any atom is 0.297 e. The molecular formula is C12H18O5S. The van der Waals surface area contributed by atoms with Crippen LogP contribution in [0.4, 0.5) is 0 Å². The maximum absolute atomic E-state index is 11.8. The SMILES string of the molecule is CO[C@@H](C)[C@H](O)COS(=O)(=O)c1ccc(C)cc1. The molecule has 0 aliphatic carbocycles. The van der Waals surface area contributed by atoms with Crippen LogP contribution in [0.3, 0.4) is 0 Å². The number of methoxy groups -OCH3 is 1. The Morgan fingerprint density at radius 1 is 1.28 bits per heavy atom. The average molecular weight is 274 g/mol. The van der Waals surface area contributed by atoms with Gasteiger partial charge in [-0.25, -0.2) is 0 Å². The van der Waals surface area contributed by atoms with Crippen LogP contribution in [0.1, 0.15) is 12.5 Å². The molecular weight excluding hydrogens is 256 g/mol. The minimum Gasteiger partial charge on any atom is -0.388 e. The summed E-state index contributed by atoms with van der Waals surface area (Å²) in [6, 6.07) is 6.31. The monoisotopic (exact) mass is 274 g/mol. The Morgan fingerprint density at radius 2 is 1.83 bits per heavy atom. The Labute approximate surface area is 107 Å². The van der Waals surface area contributed by atoms with Gasteiger partial charge in [-0.05, 0) is 26.0 Å². The van der Waals surface area contributed by atoms with Gasteiger partial charge in [-0.15, -0.1) is 0 Å². The molecule has 0 bridgehead atoms. The van der Waals surface area contributed by atoms with Gasteiger partial charge in [0.05, 0.1) is 17.6 Å². The molecule has 0 heterocycles. The molecule has 102 valence electrons. The number of aryl methyl sites for hydroxylation is 1. The molecule has 0 aromatic heterocycles. The summed E-state index contributed by atoms with van der Waals surface area (Å²) in [6.07, 6.45) is -1.48. The first kappa shape index (κ1) is 15.1. The van der Waals surface area contributed by atoms with E-state index in [-0.39, 0.29) is 11.5 Å². The summed E-state index contributed by atoms with van der Waals surface area (Å²) in [5.41, 5.74) is 0.960. The van der Waals surface area contributed by atoms with E-state index in [1.807, 2.05) is 6.92 Å². The standard InChI is InChI=1S/C12H18O5S/c1-9-4-6-11(7-5-9)18(14,15)17-8-12(13)10(2)16-3/h4-7,10,12-13H,8H2,1-3H3/t10-,12+/m0/s1. The van der Waals surface area contributed by atoms with Crippen molar-refractivity contribution in [1.29, 1.82) is 0 Å². The summed E-state index contributed by atoms with van der Waals surface area (Å²) < 4.78 is 33.2. The van der Waals surface area contributed by atoms with Gasteiger partial charge in [0.15, 0.2) is 0 Å². The van der Waals surface area contributed by atoms with Crippen molar-refractivity contribution in [2.24, 2.45) is 0 Å². The molecule has 18 heavy (non-hydrogen) atoms. The molecule has 0 saturated heterocycles. The highest BCUT2D eigenvalue weighted by molar-refractivity contribution is 7.86. The van der Waals surface area contributed by atoms with Gasteiger partial charge < -0.3 is 9.84 Å². The summed E-state index contributed by atoms with van der Waals surface area (Å²) in [5.74, 6) is 0. The molecule has 0 aliphatic rings. The molecule has 2 atom stereocenters. The van der Waals surface area contributed by atoms with Crippen LogP contribution in [0.15, 0.2) is 29.2 Å². The van der Waals surface area contributed by atoms with Gasteiger partial charge in [-0.3, -0.25) is 4.18 Å². The van der Waals surface area contributed by atoms with Crippen LogP contribution < -0.4 is 0 Å². The fourth-order valence-corrected chi connectivity index (χ4v) is 2.15. The molecule has 0 spiro atoms. The lowest BCUT2D eigenvalue weighted by atomic mass is 10.2. The number of rotatable bonds is 6. The summed E-state index contributed by atoms with van der Waals surface area (Å²) in [7, 11) is -2.40. The van der Waals surface area contributed by atoms with E-state index in [9.17, 15) is 13.5 Å². The summed E-state index contributed by atoms with van der Waals surface area (Å²) >= 11 is 0. The summed E-state index contributed by atoms with van der Waals surface area (Å²) in [6.45, 7) is 3.17. The zero-order valence-corrected chi connectivity index (χ0v) is 11.5. The molecule has 0 saturated carbocycles. The van der Waals surface area contributed by atoms with Crippen LogP contribution in [-0.4, -0.2) is 39.4 Å². The van der Waals surface area contributed by atoms with Gasteiger partial charge in [0, 0.05) is 7.11 Å². The Balaban J connectivity index is 2.68. The number of hydrogen-bond donors (Lipinski definition) is 1. The number of ether oxygens (including phenoxy) is 1. The Bertz CT molecular complexity index is 466. The predicted molar refractivity (Wildman–Crippen MR) is 66.8 cm³/mol. The van der Waals surface area contributed by atoms with E-state index in [1.54, 1.807) is 19.1 Å². The maximum atomic E-state index is 11.8. The van der Waals surface area contributed by atoms with Gasteiger partial charge in [-0.2, -0.15) is 8.42 Å². The second kappa shape index (κ2) is 6.29. The third-order valence-electron chi connectivity index (χ3n) is 2.62. The molecule has 1 aromatic rings. The molecule has 0 unspecified atom stereocenters. The normalized spacial score (nSPS) is 15.3. The highest BCUT2D eigenvalue weighted by Gasteiger charge is 2.20. The van der Waals surface area contributed by atoms with E-state index in [1.165, 1.54) is 19.2 Å². The third-order valence-corrected chi connectivity index (χ3v) is 3.91. The third kappa shape index (κ3) is 4.06. The second-order valence-corrected chi connectivity index (χ2v) is 5.68. The lowest BCUT2D eigenvalue weighted by Crippen LogP contribution is -2.30. The van der Waals surface area contributed by atoms with Gasteiger partial charge in [0.25, 0.3) is 10.1 Å². The first-order valence-electron chi connectivity index (χ1n) is 5.54. The van der Waals surface area contributed by atoms with E-state index in [2.05, 4.69) is 0 Å². The smallest absolute Gasteiger partial charge is 0.297 e. The zero-order valence-electron chi connectivity index (χ0n) is 10.7. The van der Waals surface area contributed by atoms with Crippen LogP contribution in [0.2, 0.25) is 0 Å². The molecule has 0 radical (unpaired) electrons. The van der Waals surface area contributed by atoms with Crippen molar-refractivity contribution in [2.75, 3.05) is 13.7 Å². The average Bonchev–Trinajstić information content (AvgIpc) is 2.35. The summed E-state index contributed by atoms with van der Waals surface area (Å²) in [4.78, 5) is 0.0744. The molecule has 1 N–H and O–H groups in total. The minimum atomic E-state index is -3.83. The summed E-state index contributed by atoms with van der Waals surface area (Å²) in [5, 5.41) is 9.56. The first-order valence-corrected chi connectivity index (χ1v) is 6.94. The van der Waals surface area contributed by atoms with Gasteiger partial charge in [-0.1, -0.05) is 17.7 Å². The van der Waals surface area contributed by atoms with Crippen molar-refractivity contribution in [3.05, 3.63) is 29.8 Å². The zero-order chi connectivity index (χ0) is 13.8. The van der Waals surface area contributed by atoms with E-state index in [0.717, 1.165) is 5.56 Å². The number of hydrogen-bond acceptors (Lipinski definition) is 5. The van der Waals surface area contributed by atoms with Gasteiger partial charge in [0.2, 0.25) is 0 Å². The Hall–Kier alpha value is -0.950. The van der Waals surface area contributed by atoms with Crippen LogP contribution in [0, 0.1) is 6.92 Å². The van der Waals surface area contributed by atoms with Crippen molar-refractivity contribution < 1.29 is 22.4 Å². The van der Waals surface area contributed by atoms with E-state index in [0.29, 0.717) is 0 Å². The minimum absolute atomic E-state index is 0.0744. The van der Waals surface area contributed by atoms with E-state index < -0.39 is 22.3 Å². The van der Waals surface area contributed by atoms with Crippen molar-refractivity contribution in [3.63, 3.8) is 0 Å². The highest BCUT2D eigenvalue weighted by atomic mass is 32.2. The van der Waals surface area contributed by atoms with Crippen molar-refractivity contribution in [3.8, 4) is 0 Å². The quantitative estimate of drug-likeness (QED) is 0.786. The molecule has 5 nitrogen and oxygen atoms in total. The number of benzene rings is 1. The van der Waals surface area contributed by atoms with Crippen molar-refractivity contribution in [2.45, 2.75) is 31.0 Å². The molecule has 1 rings (SSSR count). The van der Waals surface area contributed by atoms with Crippen molar-refractivity contribution >= 4 is 10.1 Å². The first-order chi connectivity index (χ1) is 8.36. The second-order valence-electron chi connectivity index (χ2n) is 4.06. The predicted octanol–water partition coefficient (Wildman–Crippen LogP) is 1.10. The lowest BCUT2D eigenvalue weighted by molar-refractivity contribution is -0.0212. The molecule has 0 amide bonds. The molecule has 6 heteroatoms. The van der Waals surface area contributed by atoms with Gasteiger partial charge in [0.1, 0.15) is 6.10 Å². The fourth-order valence-electron chi connectivity index (χ4n) is 1.22. The number of aliphatic hydroxyl groups excluding tert-OH is 1. The molecule has 0 aliphatic heterocycles. The van der Waals surface area contributed by atoms with Crippen LogP contribution in [0.25, 0.3) is 0 Å². The van der Waals surface area contributed by atoms with Crippen LogP contribution in [-0.2, 0) is 19.0 Å². The topological polar surface area (TPSA) is 72.8 Å². The lowest BCUT2D eigenvalue weighted by Gasteiger charge is -2.16. The van der Waals surface area contributed by atoms with Gasteiger partial charge >= 0.3 is 0 Å². The Kier molecular flexibility index (Phi) is 5.28. The number of aliphatic hydroxyl groups is 1.